The van der Waals surface area contributed by atoms with Gasteiger partial charge in [0.05, 0.1) is 6.04 Å². The Morgan fingerprint density at radius 2 is 1.87 bits per heavy atom. The fourth-order valence-electron chi connectivity index (χ4n) is 1.70. The van der Waals surface area contributed by atoms with E-state index in [0.717, 1.165) is 18.4 Å². The Morgan fingerprint density at radius 3 is 2.33 bits per heavy atom. The lowest BCUT2D eigenvalue weighted by Crippen LogP contribution is -2.35. The van der Waals surface area contributed by atoms with Crippen LogP contribution >= 0.6 is 0 Å². The Bertz CT molecular complexity index is 426. The minimum Gasteiger partial charge on any atom is -0.216 e. The van der Waals surface area contributed by atoms with Crippen molar-refractivity contribution in [2.45, 2.75) is 18.9 Å². The molecule has 0 spiro atoms. The highest BCUT2D eigenvalue weighted by Gasteiger charge is 2.34. The lowest BCUT2D eigenvalue weighted by atomic mass is 10.0. The lowest BCUT2D eigenvalue weighted by Gasteiger charge is -2.16. The zero-order valence-electron chi connectivity index (χ0n) is 8.26. The molecule has 1 saturated carbocycles. The Labute approximate surface area is 89.7 Å². The van der Waals surface area contributed by atoms with Crippen LogP contribution in [0.5, 0.6) is 0 Å². The maximum absolute atomic E-state index is 11.0. The first kappa shape index (κ1) is 10.6. The second kappa shape index (κ2) is 3.92. The van der Waals surface area contributed by atoms with Crippen LogP contribution < -0.4 is 9.86 Å². The minimum absolute atomic E-state index is 0.166. The van der Waals surface area contributed by atoms with Crippen molar-refractivity contribution in [2.75, 3.05) is 0 Å². The molecular formula is C10H14N2O2S. The number of benzene rings is 1. The van der Waals surface area contributed by atoms with E-state index in [0.29, 0.717) is 5.92 Å². The monoisotopic (exact) mass is 226 g/mol. The Morgan fingerprint density at radius 1 is 1.27 bits per heavy atom. The molecule has 2 rings (SSSR count). The van der Waals surface area contributed by atoms with E-state index in [9.17, 15) is 8.42 Å². The summed E-state index contributed by atoms with van der Waals surface area (Å²) in [4.78, 5) is 0. The summed E-state index contributed by atoms with van der Waals surface area (Å²) in [7, 11) is -3.63. The van der Waals surface area contributed by atoms with Gasteiger partial charge in [-0.2, -0.15) is 13.1 Å². The quantitative estimate of drug-likeness (QED) is 0.801. The zero-order chi connectivity index (χ0) is 10.9. The first-order chi connectivity index (χ1) is 7.06. The third-order valence-corrected chi connectivity index (χ3v) is 3.13. The smallest absolute Gasteiger partial charge is 0.216 e. The maximum Gasteiger partial charge on any atom is 0.274 e. The molecule has 0 saturated heterocycles. The molecule has 0 aromatic heterocycles. The molecule has 82 valence electrons. The third-order valence-electron chi connectivity index (χ3n) is 2.54. The van der Waals surface area contributed by atoms with Gasteiger partial charge in [0.25, 0.3) is 10.2 Å². The number of nitrogens with one attached hydrogen (secondary N) is 1. The van der Waals surface area contributed by atoms with E-state index >= 15 is 0 Å². The van der Waals surface area contributed by atoms with Gasteiger partial charge in [-0.3, -0.25) is 0 Å². The van der Waals surface area contributed by atoms with Gasteiger partial charge in [0, 0.05) is 0 Å². The van der Waals surface area contributed by atoms with Crippen LogP contribution in [-0.4, -0.2) is 8.42 Å². The number of hydrogen-bond donors (Lipinski definition) is 2. The maximum atomic E-state index is 11.0. The van der Waals surface area contributed by atoms with Gasteiger partial charge in [-0.05, 0) is 24.3 Å². The molecule has 15 heavy (non-hydrogen) atoms. The fourth-order valence-corrected chi connectivity index (χ4v) is 2.39. The van der Waals surface area contributed by atoms with Crippen molar-refractivity contribution in [3.05, 3.63) is 35.9 Å². The van der Waals surface area contributed by atoms with Crippen molar-refractivity contribution in [1.82, 2.24) is 4.72 Å². The van der Waals surface area contributed by atoms with Crippen LogP contribution in [0.3, 0.4) is 0 Å². The van der Waals surface area contributed by atoms with Gasteiger partial charge >= 0.3 is 0 Å². The van der Waals surface area contributed by atoms with E-state index in [1.54, 1.807) is 0 Å². The van der Waals surface area contributed by atoms with Crippen LogP contribution in [0.25, 0.3) is 0 Å². The van der Waals surface area contributed by atoms with Crippen LogP contribution in [0, 0.1) is 5.92 Å². The highest BCUT2D eigenvalue weighted by molar-refractivity contribution is 7.87. The topological polar surface area (TPSA) is 72.2 Å². The SMILES string of the molecule is NS(=O)(=O)NC(c1ccccc1)C1CC1. The van der Waals surface area contributed by atoms with Crippen molar-refractivity contribution >= 4 is 10.2 Å². The molecule has 3 N–H and O–H groups in total. The van der Waals surface area contributed by atoms with Crippen molar-refractivity contribution in [2.24, 2.45) is 11.1 Å². The summed E-state index contributed by atoms with van der Waals surface area (Å²) in [6, 6.07) is 9.37. The summed E-state index contributed by atoms with van der Waals surface area (Å²) < 4.78 is 24.5. The first-order valence-electron chi connectivity index (χ1n) is 4.91. The second-order valence-electron chi connectivity index (χ2n) is 3.89. The fraction of sp³-hybridized carbons (Fsp3) is 0.400. The molecule has 0 bridgehead atoms. The molecule has 4 nitrogen and oxygen atoms in total. The predicted molar refractivity (Wildman–Crippen MR) is 58.1 cm³/mol. The van der Waals surface area contributed by atoms with E-state index in [4.69, 9.17) is 5.14 Å². The Kier molecular flexibility index (Phi) is 2.77. The summed E-state index contributed by atoms with van der Waals surface area (Å²) in [5.41, 5.74) is 0.981. The Hall–Kier alpha value is -0.910. The van der Waals surface area contributed by atoms with Gasteiger partial charge in [-0.1, -0.05) is 30.3 Å². The lowest BCUT2D eigenvalue weighted by molar-refractivity contribution is 0.530. The molecule has 0 amide bonds. The summed E-state index contributed by atoms with van der Waals surface area (Å²) >= 11 is 0. The van der Waals surface area contributed by atoms with Crippen molar-refractivity contribution in [3.8, 4) is 0 Å². The Balaban J connectivity index is 2.21. The molecular weight excluding hydrogens is 212 g/mol. The van der Waals surface area contributed by atoms with Gasteiger partial charge in [0.15, 0.2) is 0 Å². The van der Waals surface area contributed by atoms with Crippen molar-refractivity contribution < 1.29 is 8.42 Å². The summed E-state index contributed by atoms with van der Waals surface area (Å²) in [6.45, 7) is 0. The van der Waals surface area contributed by atoms with E-state index in [2.05, 4.69) is 4.72 Å². The molecule has 1 fully saturated rings. The molecule has 1 aliphatic rings. The summed E-state index contributed by atoms with van der Waals surface area (Å²) in [6.07, 6.45) is 2.12. The molecule has 1 atom stereocenters. The molecule has 1 aromatic carbocycles. The van der Waals surface area contributed by atoms with Crippen molar-refractivity contribution in [3.63, 3.8) is 0 Å². The highest BCUT2D eigenvalue weighted by atomic mass is 32.2. The van der Waals surface area contributed by atoms with Crippen LogP contribution in [0.2, 0.25) is 0 Å². The van der Waals surface area contributed by atoms with Gasteiger partial charge in [-0.25, -0.2) is 5.14 Å². The zero-order valence-corrected chi connectivity index (χ0v) is 9.07. The second-order valence-corrected chi connectivity index (χ2v) is 5.21. The molecule has 1 unspecified atom stereocenters. The average molecular weight is 226 g/mol. The normalized spacial score (nSPS) is 18.7. The largest absolute Gasteiger partial charge is 0.274 e. The highest BCUT2D eigenvalue weighted by Crippen LogP contribution is 2.41. The number of hydrogen-bond acceptors (Lipinski definition) is 2. The average Bonchev–Trinajstić information content (AvgIpc) is 2.97. The minimum atomic E-state index is -3.63. The van der Waals surface area contributed by atoms with Crippen LogP contribution in [-0.2, 0) is 10.2 Å². The van der Waals surface area contributed by atoms with E-state index < -0.39 is 10.2 Å². The number of nitrogens with two attached hydrogens (primary N) is 1. The van der Waals surface area contributed by atoms with Crippen LogP contribution in [0.4, 0.5) is 0 Å². The summed E-state index contributed by atoms with van der Waals surface area (Å²) in [5, 5.41) is 5.00. The predicted octanol–water partition coefficient (Wildman–Crippen LogP) is 0.931. The molecule has 5 heteroatoms. The standard InChI is InChI=1S/C10H14N2O2S/c11-15(13,14)12-10(9-6-7-9)8-4-2-1-3-5-8/h1-5,9-10,12H,6-7H2,(H2,11,13,14). The molecule has 0 heterocycles. The third kappa shape index (κ3) is 3.02. The van der Waals surface area contributed by atoms with Gasteiger partial charge in [0.2, 0.25) is 0 Å². The summed E-state index contributed by atoms with van der Waals surface area (Å²) in [5.74, 6) is 0.394. The molecule has 0 aliphatic heterocycles. The molecule has 0 radical (unpaired) electrons. The molecule has 1 aliphatic carbocycles. The van der Waals surface area contributed by atoms with E-state index in [-0.39, 0.29) is 6.04 Å². The van der Waals surface area contributed by atoms with E-state index in [1.165, 1.54) is 0 Å². The molecule has 1 aromatic rings. The van der Waals surface area contributed by atoms with Gasteiger partial charge < -0.3 is 0 Å². The van der Waals surface area contributed by atoms with E-state index in [1.807, 2.05) is 30.3 Å². The van der Waals surface area contributed by atoms with Crippen molar-refractivity contribution in [1.29, 1.82) is 0 Å². The van der Waals surface area contributed by atoms with Crippen LogP contribution in [0.15, 0.2) is 30.3 Å². The van der Waals surface area contributed by atoms with Gasteiger partial charge in [-0.15, -0.1) is 0 Å². The van der Waals surface area contributed by atoms with Gasteiger partial charge in [0.1, 0.15) is 0 Å². The number of rotatable bonds is 4. The first-order valence-corrected chi connectivity index (χ1v) is 6.46. The van der Waals surface area contributed by atoms with Crippen LogP contribution in [0.1, 0.15) is 24.4 Å².